The van der Waals surface area contributed by atoms with Crippen molar-refractivity contribution in [2.75, 3.05) is 0 Å². The van der Waals surface area contributed by atoms with Crippen molar-refractivity contribution in [2.24, 2.45) is 0 Å². The van der Waals surface area contributed by atoms with Crippen LogP contribution in [0.5, 0.6) is 0 Å². The third kappa shape index (κ3) is 4.18. The van der Waals surface area contributed by atoms with Crippen molar-refractivity contribution in [3.05, 3.63) is 69.2 Å². The summed E-state index contributed by atoms with van der Waals surface area (Å²) in [6.07, 6.45) is 0.183. The average molecular weight is 347 g/mol. The van der Waals surface area contributed by atoms with Gasteiger partial charge in [-0.15, -0.1) is 0 Å². The summed E-state index contributed by atoms with van der Waals surface area (Å²) in [4.78, 5) is 0. The summed E-state index contributed by atoms with van der Waals surface area (Å²) in [7, 11) is 0. The van der Waals surface area contributed by atoms with E-state index in [-0.39, 0.29) is 5.41 Å². The van der Waals surface area contributed by atoms with E-state index >= 15 is 0 Å². The lowest BCUT2D eigenvalue weighted by Crippen LogP contribution is -2.11. The molecule has 0 bridgehead atoms. The van der Waals surface area contributed by atoms with E-state index in [9.17, 15) is 5.11 Å². The predicted molar refractivity (Wildman–Crippen MR) is 92.7 cm³/mol. The van der Waals surface area contributed by atoms with Gasteiger partial charge in [0.05, 0.1) is 6.10 Å². The molecule has 21 heavy (non-hydrogen) atoms. The number of rotatable bonds is 3. The lowest BCUT2D eigenvalue weighted by Gasteiger charge is -2.19. The van der Waals surface area contributed by atoms with E-state index in [4.69, 9.17) is 0 Å². The molecule has 0 heterocycles. The van der Waals surface area contributed by atoms with Gasteiger partial charge in [-0.25, -0.2) is 0 Å². The normalized spacial score (nSPS) is 13.2. The molecule has 0 saturated heterocycles. The summed E-state index contributed by atoms with van der Waals surface area (Å²) >= 11 is 3.49. The molecule has 2 rings (SSSR count). The largest absolute Gasteiger partial charge is 0.388 e. The summed E-state index contributed by atoms with van der Waals surface area (Å²) in [6.45, 7) is 8.67. The van der Waals surface area contributed by atoms with E-state index < -0.39 is 6.10 Å². The Morgan fingerprint density at radius 2 is 1.67 bits per heavy atom. The summed E-state index contributed by atoms with van der Waals surface area (Å²) in [5.74, 6) is 0. The molecule has 0 amide bonds. The smallest absolute Gasteiger partial charge is 0.0830 e. The van der Waals surface area contributed by atoms with Crippen LogP contribution in [0.4, 0.5) is 0 Å². The van der Waals surface area contributed by atoms with Crippen LogP contribution in [0, 0.1) is 6.92 Å². The summed E-state index contributed by atoms with van der Waals surface area (Å²) in [5.41, 5.74) is 4.77. The maximum Gasteiger partial charge on any atom is 0.0830 e. The molecular weight excluding hydrogens is 324 g/mol. The Hall–Kier alpha value is -1.12. The monoisotopic (exact) mass is 346 g/mol. The molecule has 0 aliphatic carbocycles. The van der Waals surface area contributed by atoms with Crippen molar-refractivity contribution in [2.45, 2.75) is 45.6 Å². The number of aliphatic hydroxyl groups excluding tert-OH is 1. The van der Waals surface area contributed by atoms with Crippen LogP contribution in [-0.4, -0.2) is 5.11 Å². The highest BCUT2D eigenvalue weighted by atomic mass is 79.9. The second kappa shape index (κ2) is 6.33. The number of aryl methyl sites for hydroxylation is 1. The molecule has 2 aromatic rings. The molecule has 0 saturated carbocycles. The second-order valence-corrected chi connectivity index (χ2v) is 7.53. The molecule has 2 aromatic carbocycles. The van der Waals surface area contributed by atoms with Gasteiger partial charge in [-0.3, -0.25) is 0 Å². The van der Waals surface area contributed by atoms with Gasteiger partial charge in [0.2, 0.25) is 0 Å². The number of hydrogen-bond acceptors (Lipinski definition) is 1. The van der Waals surface area contributed by atoms with Gasteiger partial charge in [0.25, 0.3) is 0 Å². The van der Waals surface area contributed by atoms with E-state index in [0.29, 0.717) is 6.42 Å². The zero-order valence-corrected chi connectivity index (χ0v) is 14.7. The van der Waals surface area contributed by atoms with E-state index in [1.165, 1.54) is 5.56 Å². The number of aliphatic hydroxyl groups is 1. The summed E-state index contributed by atoms with van der Waals surface area (Å²) in [6, 6.07) is 14.6. The predicted octanol–water partition coefficient (Wildman–Crippen LogP) is 5.33. The molecule has 0 spiro atoms. The maximum atomic E-state index is 10.4. The fourth-order valence-electron chi connectivity index (χ4n) is 2.36. The molecule has 0 radical (unpaired) electrons. The molecular formula is C19H23BrO. The Morgan fingerprint density at radius 1 is 1.05 bits per heavy atom. The van der Waals surface area contributed by atoms with E-state index in [1.807, 2.05) is 25.1 Å². The van der Waals surface area contributed by atoms with Crippen LogP contribution in [0.1, 0.15) is 49.1 Å². The molecule has 0 fully saturated rings. The zero-order chi connectivity index (χ0) is 15.6. The van der Waals surface area contributed by atoms with Crippen molar-refractivity contribution in [3.63, 3.8) is 0 Å². The van der Waals surface area contributed by atoms with E-state index in [2.05, 4.69) is 61.0 Å². The highest BCUT2D eigenvalue weighted by Crippen LogP contribution is 2.26. The Morgan fingerprint density at radius 3 is 2.19 bits per heavy atom. The molecule has 1 nitrogen and oxygen atoms in total. The molecule has 0 aliphatic heterocycles. The standard InChI is InChI=1S/C19H23BrO/c1-13-11-15(7-10-17(13)20)18(21)12-14-5-8-16(9-6-14)19(2,3)4/h5-11,18,21H,12H2,1-4H3. The summed E-state index contributed by atoms with van der Waals surface area (Å²) < 4.78 is 1.08. The summed E-state index contributed by atoms with van der Waals surface area (Å²) in [5, 5.41) is 10.4. The highest BCUT2D eigenvalue weighted by molar-refractivity contribution is 9.10. The minimum atomic E-state index is -0.461. The number of halogens is 1. The van der Waals surface area contributed by atoms with Gasteiger partial charge in [-0.1, -0.05) is 73.1 Å². The maximum absolute atomic E-state index is 10.4. The minimum absolute atomic E-state index is 0.167. The van der Waals surface area contributed by atoms with Gasteiger partial charge >= 0.3 is 0 Å². The van der Waals surface area contributed by atoms with Crippen LogP contribution in [0.2, 0.25) is 0 Å². The van der Waals surface area contributed by atoms with Crippen LogP contribution in [-0.2, 0) is 11.8 Å². The third-order valence-electron chi connectivity index (χ3n) is 3.82. The molecule has 2 heteroatoms. The Bertz CT molecular complexity index is 608. The Kier molecular flexibility index (Phi) is 4.90. The second-order valence-electron chi connectivity index (χ2n) is 6.68. The van der Waals surface area contributed by atoms with Gasteiger partial charge in [0.1, 0.15) is 0 Å². The number of hydrogen-bond donors (Lipinski definition) is 1. The first-order valence-corrected chi connectivity index (χ1v) is 8.10. The molecule has 112 valence electrons. The quantitative estimate of drug-likeness (QED) is 0.795. The van der Waals surface area contributed by atoms with Crippen molar-refractivity contribution < 1.29 is 5.11 Å². The highest BCUT2D eigenvalue weighted by Gasteiger charge is 2.14. The van der Waals surface area contributed by atoms with Gasteiger partial charge in [0.15, 0.2) is 0 Å². The van der Waals surface area contributed by atoms with E-state index in [1.54, 1.807) is 0 Å². The first kappa shape index (κ1) is 16.3. The number of benzene rings is 2. The lowest BCUT2D eigenvalue weighted by atomic mass is 9.86. The van der Waals surface area contributed by atoms with Gasteiger partial charge in [0, 0.05) is 10.9 Å². The van der Waals surface area contributed by atoms with Crippen molar-refractivity contribution in [1.29, 1.82) is 0 Å². The molecule has 0 aliphatic rings. The molecule has 1 atom stereocenters. The lowest BCUT2D eigenvalue weighted by molar-refractivity contribution is 0.178. The molecule has 1 unspecified atom stereocenters. The van der Waals surface area contributed by atoms with Crippen molar-refractivity contribution in [1.82, 2.24) is 0 Å². The fraction of sp³-hybridized carbons (Fsp3) is 0.368. The van der Waals surface area contributed by atoms with Crippen LogP contribution in [0.25, 0.3) is 0 Å². The van der Waals surface area contributed by atoms with Crippen LogP contribution >= 0.6 is 15.9 Å². The van der Waals surface area contributed by atoms with Crippen LogP contribution < -0.4 is 0 Å². The van der Waals surface area contributed by atoms with Gasteiger partial charge in [-0.05, 0) is 40.7 Å². The van der Waals surface area contributed by atoms with Gasteiger partial charge < -0.3 is 5.11 Å². The molecule has 1 N–H and O–H groups in total. The minimum Gasteiger partial charge on any atom is -0.388 e. The Balaban J connectivity index is 2.12. The van der Waals surface area contributed by atoms with Crippen molar-refractivity contribution >= 4 is 15.9 Å². The first-order chi connectivity index (χ1) is 9.77. The third-order valence-corrected chi connectivity index (χ3v) is 4.71. The van der Waals surface area contributed by atoms with Crippen LogP contribution in [0.15, 0.2) is 46.9 Å². The SMILES string of the molecule is Cc1cc(C(O)Cc2ccc(C(C)(C)C)cc2)ccc1Br. The topological polar surface area (TPSA) is 20.2 Å². The fourth-order valence-corrected chi connectivity index (χ4v) is 2.60. The van der Waals surface area contributed by atoms with Crippen LogP contribution in [0.3, 0.4) is 0 Å². The average Bonchev–Trinajstić information content (AvgIpc) is 2.41. The van der Waals surface area contributed by atoms with Gasteiger partial charge in [-0.2, -0.15) is 0 Å². The van der Waals surface area contributed by atoms with Crippen molar-refractivity contribution in [3.8, 4) is 0 Å². The molecule has 0 aromatic heterocycles. The Labute approximate surface area is 136 Å². The zero-order valence-electron chi connectivity index (χ0n) is 13.2. The first-order valence-electron chi connectivity index (χ1n) is 7.31. The van der Waals surface area contributed by atoms with E-state index in [0.717, 1.165) is 21.2 Å².